The van der Waals surface area contributed by atoms with Gasteiger partial charge in [-0.2, -0.15) is 30.4 Å². The number of aryl methyl sites for hydroxylation is 1. The smallest absolute Gasteiger partial charge is 0.252 e. The molecule has 40 heteroatoms. The molecule has 18 aromatic rings. The number of amides is 4. The van der Waals surface area contributed by atoms with E-state index in [4.69, 9.17) is 29.1 Å². The number of aromatic nitrogens is 28. The largest absolute Gasteiger partial charge is 0.386 e. The minimum absolute atomic E-state index is 0.0127. The predicted octanol–water partition coefficient (Wildman–Crippen LogP) is 11.0. The summed E-state index contributed by atoms with van der Waals surface area (Å²) in [6.45, 7) is 17.9. The van der Waals surface area contributed by atoms with Gasteiger partial charge in [-0.3, -0.25) is 36.8 Å². The number of methoxy groups -OCH3 is 1. The first-order valence-electron chi connectivity index (χ1n) is 41.4. The molecule has 0 spiro atoms. The van der Waals surface area contributed by atoms with Crippen molar-refractivity contribution in [1.29, 1.82) is 0 Å². The van der Waals surface area contributed by atoms with Gasteiger partial charge in [0.2, 0.25) is 41.2 Å². The Bertz CT molecular complexity index is 7160. The molecular weight excluding hydrogens is 1600 g/mol. The lowest BCUT2D eigenvalue weighted by Crippen LogP contribution is -2.16. The number of aliphatic hydroxyl groups is 1. The molecule has 0 aliphatic heterocycles. The second-order valence-corrected chi connectivity index (χ2v) is 32.8. The number of rotatable bonds is 22. The zero-order valence-corrected chi connectivity index (χ0v) is 69.7. The molecular formula is C85H86N32O8. The van der Waals surface area contributed by atoms with Crippen molar-refractivity contribution in [2.75, 3.05) is 28.4 Å². The monoisotopic (exact) mass is 1680 g/mol. The molecule has 0 bridgehead atoms. The Morgan fingerprint density at radius 3 is 1.05 bits per heavy atom. The first kappa shape index (κ1) is 79.8. The summed E-state index contributed by atoms with van der Waals surface area (Å²) in [6, 6.07) is 30.5. The summed E-state index contributed by atoms with van der Waals surface area (Å²) >= 11 is 0. The van der Waals surface area contributed by atoms with Crippen LogP contribution in [-0.2, 0) is 36.1 Å². The standard InChI is InChI=1S/C22H21N9O3.C21H19N9O2.C21H23N7O2.C21H23N7O/c1-12(15-6-8-17-23-16(10-31(17)28-15)24-22(32)13-3-4-13)21-27-26-18-7-5-14(9-30(18)21)20-25-19(11-33-2)34-29-20;1-11(15-6-8-17-23-16(10-30(17)27-15)24-21(31)13-3-4-13)20-26-25-18-7-5-14(9-29(18)20)19-22-12(2)32-28-19;1-12(19-25-24-18-8-6-14(10-27(18)19)21(2,3)30)15-7-9-17-22-16(11-28(17)26-15)23-20(29)13-4-5-13;1-12(2)15-6-8-19-24-25-20(27(19)10-15)13(3)16-7-9-18-22-17(11-28(18)26-16)23-21(29)14-4-5-14/h5-10,12-13H,3-4,11H2,1-2H3,(H,24,32);5-11,13H,3-4H2,1-2H3,(H,24,31);6-13,30H,4-5H2,1-3H3,(H,23,29);6-14H,4-5H2,1-3H3,(H,23,29). The third-order valence-corrected chi connectivity index (χ3v) is 22.4. The second kappa shape index (κ2) is 32.5. The van der Waals surface area contributed by atoms with Crippen LogP contribution in [0, 0.1) is 30.6 Å². The van der Waals surface area contributed by atoms with Crippen LogP contribution in [0.25, 0.3) is 68.0 Å². The maximum Gasteiger partial charge on any atom is 0.252 e. The Morgan fingerprint density at radius 2 is 0.720 bits per heavy atom. The number of hydrogen-bond acceptors (Lipinski definition) is 28. The van der Waals surface area contributed by atoms with E-state index in [0.717, 1.165) is 114 Å². The zero-order chi connectivity index (χ0) is 86.2. The normalized spacial score (nSPS) is 15.1. The first-order chi connectivity index (χ1) is 60.4. The van der Waals surface area contributed by atoms with Crippen LogP contribution >= 0.6 is 0 Å². The summed E-state index contributed by atoms with van der Waals surface area (Å²) in [5.74, 6) is 7.42. The number of carbonyl (C=O) groups excluding carboxylic acids is 4. The highest BCUT2D eigenvalue weighted by atomic mass is 16.5. The van der Waals surface area contributed by atoms with E-state index in [1.165, 1.54) is 5.56 Å². The van der Waals surface area contributed by atoms with Crippen LogP contribution in [-0.4, -0.2) is 173 Å². The number of fused-ring (bicyclic) bond motifs is 8. The SMILES string of the molecule is CC(C)c1ccc2nnc(C(C)c3ccc4nc(NC(=O)C5CC5)cn4n3)n2c1.CC(c1ccc2nc(NC(=O)C3CC3)cn2n1)c1nnc2ccc(C(C)(C)O)cn12.COCc1nc(-c2ccc3nnc(C(C)c4ccc5nc(NC(=O)C6CC6)cn5n4)n3c2)no1.Cc1nc(-c2ccc3nnc(C(C)c4ccc5nc(NC(=O)C6CC6)cn5n4)n3c2)no1. The molecule has 22 rings (SSSR count). The molecule has 40 nitrogen and oxygen atoms in total. The molecule has 4 fully saturated rings. The van der Waals surface area contributed by atoms with Crippen molar-refractivity contribution in [2.24, 2.45) is 23.7 Å². The summed E-state index contributed by atoms with van der Waals surface area (Å²) in [5.41, 5.74) is 11.5. The lowest BCUT2D eigenvalue weighted by Gasteiger charge is -2.18. The van der Waals surface area contributed by atoms with E-state index >= 15 is 0 Å². The fourth-order valence-electron chi connectivity index (χ4n) is 14.3. The summed E-state index contributed by atoms with van der Waals surface area (Å²) < 4.78 is 29.8. The Labute approximate surface area is 709 Å². The average molecular weight is 1680 g/mol. The number of nitrogens with zero attached hydrogens (tertiary/aromatic N) is 28. The number of hydrogen-bond donors (Lipinski definition) is 5. The number of imidazole rings is 4. The molecule has 125 heavy (non-hydrogen) atoms. The van der Waals surface area contributed by atoms with Crippen molar-refractivity contribution in [3.05, 3.63) is 216 Å². The molecule has 634 valence electrons. The quantitative estimate of drug-likeness (QED) is 0.0421. The van der Waals surface area contributed by atoms with E-state index in [0.29, 0.717) is 98.0 Å². The van der Waals surface area contributed by atoms with Crippen molar-refractivity contribution >= 4 is 92.1 Å². The highest BCUT2D eigenvalue weighted by molar-refractivity contribution is 5.95. The molecule has 4 aliphatic carbocycles. The Hall–Kier alpha value is -15.0. The first-order valence-corrected chi connectivity index (χ1v) is 41.4. The van der Waals surface area contributed by atoms with Crippen LogP contribution in [0.15, 0.2) is 156 Å². The molecule has 0 radical (unpaired) electrons. The van der Waals surface area contributed by atoms with Crippen molar-refractivity contribution in [3.63, 3.8) is 0 Å². The van der Waals surface area contributed by atoms with Crippen LogP contribution in [0.3, 0.4) is 0 Å². The number of ether oxygens (including phenoxy) is 1. The van der Waals surface area contributed by atoms with Gasteiger partial charge in [0, 0.05) is 73.6 Å². The molecule has 0 saturated heterocycles. The highest BCUT2D eigenvalue weighted by Gasteiger charge is 2.34. The maximum absolute atomic E-state index is 12.1. The summed E-state index contributed by atoms with van der Waals surface area (Å²) in [5, 5.41) is 83.3. The summed E-state index contributed by atoms with van der Waals surface area (Å²) in [7, 11) is 1.57. The molecule has 18 aromatic heterocycles. The van der Waals surface area contributed by atoms with Gasteiger partial charge in [-0.25, -0.2) is 38.0 Å². The molecule has 4 amide bonds. The molecule has 4 unspecified atom stereocenters. The molecule has 0 aromatic carbocycles. The van der Waals surface area contributed by atoms with Gasteiger partial charge in [0.25, 0.3) is 5.89 Å². The van der Waals surface area contributed by atoms with Crippen molar-refractivity contribution in [3.8, 4) is 22.8 Å². The van der Waals surface area contributed by atoms with E-state index in [-0.39, 0.29) is 77.6 Å². The molecule has 4 aliphatic rings. The van der Waals surface area contributed by atoms with E-state index in [1.54, 1.807) is 70.7 Å². The van der Waals surface area contributed by atoms with Gasteiger partial charge in [-0.15, -0.1) is 40.8 Å². The van der Waals surface area contributed by atoms with E-state index in [2.05, 4.69) is 140 Å². The number of pyridine rings is 4. The fraction of sp³-hybridized carbons (Fsp3) is 0.341. The van der Waals surface area contributed by atoms with Gasteiger partial charge in [-0.05, 0) is 195 Å². The van der Waals surface area contributed by atoms with Crippen molar-refractivity contribution in [1.82, 2.24) is 137 Å². The van der Waals surface area contributed by atoms with Crippen LogP contribution in [0.1, 0.15) is 205 Å². The van der Waals surface area contributed by atoms with E-state index in [1.807, 2.05) is 148 Å². The van der Waals surface area contributed by atoms with E-state index in [9.17, 15) is 24.3 Å². The average Bonchev–Trinajstić information content (AvgIpc) is 1.65. The van der Waals surface area contributed by atoms with Gasteiger partial charge >= 0.3 is 0 Å². The third kappa shape index (κ3) is 16.9. The fourth-order valence-corrected chi connectivity index (χ4v) is 14.3. The van der Waals surface area contributed by atoms with Gasteiger partial charge < -0.3 is 40.2 Å². The molecule has 4 atom stereocenters. The number of nitrogens with one attached hydrogen (secondary N) is 4. The van der Waals surface area contributed by atoms with Crippen molar-refractivity contribution < 1.29 is 38.1 Å². The van der Waals surface area contributed by atoms with Gasteiger partial charge in [0.05, 0.1) is 76.8 Å². The lowest BCUT2D eigenvalue weighted by molar-refractivity contribution is -0.118. The Morgan fingerprint density at radius 1 is 0.400 bits per heavy atom. The van der Waals surface area contributed by atoms with Crippen LogP contribution < -0.4 is 21.3 Å². The number of anilines is 4. The second-order valence-electron chi connectivity index (χ2n) is 32.8. The number of carbonyl (C=O) groups is 4. The van der Waals surface area contributed by atoms with E-state index < -0.39 is 5.60 Å². The predicted molar refractivity (Wildman–Crippen MR) is 451 cm³/mol. The van der Waals surface area contributed by atoms with Gasteiger partial charge in [0.1, 0.15) is 29.9 Å². The van der Waals surface area contributed by atoms with Crippen molar-refractivity contribution in [2.45, 2.75) is 155 Å². The maximum atomic E-state index is 12.1. The lowest BCUT2D eigenvalue weighted by atomic mass is 10.0. The third-order valence-electron chi connectivity index (χ3n) is 22.4. The summed E-state index contributed by atoms with van der Waals surface area (Å²) in [6.07, 6.45) is 22.2. The molecule has 5 N–H and O–H groups in total. The van der Waals surface area contributed by atoms with Gasteiger partial charge in [0.15, 0.2) is 68.4 Å². The zero-order valence-electron chi connectivity index (χ0n) is 69.7. The highest BCUT2D eigenvalue weighted by Crippen LogP contribution is 2.36. The van der Waals surface area contributed by atoms with Crippen LogP contribution in [0.5, 0.6) is 0 Å². The van der Waals surface area contributed by atoms with Crippen LogP contribution in [0.2, 0.25) is 0 Å². The van der Waals surface area contributed by atoms with Crippen LogP contribution in [0.4, 0.5) is 23.3 Å². The molecule has 18 heterocycles. The van der Waals surface area contributed by atoms with Gasteiger partial charge in [-0.1, -0.05) is 36.3 Å². The topological polar surface area (TPSA) is 465 Å². The summed E-state index contributed by atoms with van der Waals surface area (Å²) in [4.78, 5) is 74.4. The minimum atomic E-state index is -0.964. The minimum Gasteiger partial charge on any atom is -0.386 e. The molecule has 4 saturated carbocycles. The Balaban J connectivity index is 0.000000109. The Kier molecular flexibility index (Phi) is 20.7.